The van der Waals surface area contributed by atoms with E-state index in [-0.39, 0.29) is 12.1 Å². The highest BCUT2D eigenvalue weighted by Crippen LogP contribution is 2.28. The van der Waals surface area contributed by atoms with E-state index in [0.29, 0.717) is 12.1 Å². The van der Waals surface area contributed by atoms with Crippen LogP contribution in [-0.4, -0.2) is 41.6 Å². The van der Waals surface area contributed by atoms with Crippen LogP contribution in [0, 0.1) is 0 Å². The molecule has 1 heterocycles. The van der Waals surface area contributed by atoms with Crippen LogP contribution in [0.15, 0.2) is 90.3 Å². The van der Waals surface area contributed by atoms with Crippen LogP contribution in [0.4, 0.5) is 10.5 Å². The average molecular weight is 623 g/mol. The number of anilines is 1. The van der Waals surface area contributed by atoms with Gasteiger partial charge in [0.05, 0.1) is 17.4 Å². The van der Waals surface area contributed by atoms with Gasteiger partial charge in [-0.15, -0.1) is 11.3 Å². The van der Waals surface area contributed by atoms with Gasteiger partial charge in [-0.05, 0) is 50.5 Å². The zero-order valence-electron chi connectivity index (χ0n) is 24.0. The van der Waals surface area contributed by atoms with Crippen molar-refractivity contribution in [3.8, 4) is 10.6 Å². The fourth-order valence-corrected chi connectivity index (χ4v) is 5.58. The molecule has 3 aromatic carbocycles. The number of rotatable bonds is 11. The molecule has 0 aliphatic heterocycles. The molecule has 2 atom stereocenters. The Morgan fingerprint density at radius 2 is 1.49 bits per heavy atom. The predicted molar refractivity (Wildman–Crippen MR) is 167 cm³/mol. The van der Waals surface area contributed by atoms with Crippen molar-refractivity contribution in [2.24, 2.45) is 0 Å². The summed E-state index contributed by atoms with van der Waals surface area (Å²) in [5.74, 6) is -0.418. The van der Waals surface area contributed by atoms with Crippen LogP contribution in [0.25, 0.3) is 10.6 Å². The third kappa shape index (κ3) is 10.2. The lowest BCUT2D eigenvalue weighted by atomic mass is 10.0. The van der Waals surface area contributed by atoms with E-state index in [9.17, 15) is 18.0 Å². The first-order chi connectivity index (χ1) is 20.3. The third-order valence-electron chi connectivity index (χ3n) is 6.15. The minimum Gasteiger partial charge on any atom is -0.444 e. The number of hydrogen-bond acceptors (Lipinski definition) is 7. The Kier molecular flexibility index (Phi) is 10.2. The van der Waals surface area contributed by atoms with E-state index in [1.807, 2.05) is 70.8 Å². The summed E-state index contributed by atoms with van der Waals surface area (Å²) in [5.41, 5.74) is 2.66. The average Bonchev–Trinajstić information content (AvgIpc) is 3.43. The fraction of sp³-hybridized carbons (Fsp3) is 0.258. The van der Waals surface area contributed by atoms with E-state index in [1.165, 1.54) is 23.5 Å². The number of aromatic nitrogens is 1. The Bertz CT molecular complexity index is 1620. The summed E-state index contributed by atoms with van der Waals surface area (Å²) < 4.78 is 38.9. The highest BCUT2D eigenvalue weighted by Gasteiger charge is 2.28. The van der Waals surface area contributed by atoms with Crippen LogP contribution in [-0.2, 0) is 32.7 Å². The molecule has 0 saturated carbocycles. The highest BCUT2D eigenvalue weighted by molar-refractivity contribution is 7.87. The number of amides is 2. The van der Waals surface area contributed by atoms with Gasteiger partial charge in [0.1, 0.15) is 16.7 Å². The second-order valence-electron chi connectivity index (χ2n) is 10.9. The van der Waals surface area contributed by atoms with Gasteiger partial charge in [0, 0.05) is 17.4 Å². The molecule has 1 aromatic heterocycles. The van der Waals surface area contributed by atoms with E-state index in [1.54, 1.807) is 32.9 Å². The second-order valence-corrected chi connectivity index (χ2v) is 12.9. The molecule has 0 bridgehead atoms. The number of alkyl carbamates (subject to hydrolysis) is 1. The maximum atomic E-state index is 13.8. The number of thiazole rings is 1. The van der Waals surface area contributed by atoms with Gasteiger partial charge in [0.25, 0.3) is 0 Å². The molecular formula is C31H34N4O6S2. The van der Waals surface area contributed by atoms with Crippen LogP contribution < -0.4 is 15.4 Å². The molecule has 4 rings (SSSR count). The predicted octanol–water partition coefficient (Wildman–Crippen LogP) is 5.56. The quantitative estimate of drug-likeness (QED) is 0.160. The zero-order chi connectivity index (χ0) is 31.0. The van der Waals surface area contributed by atoms with Crippen molar-refractivity contribution in [2.45, 2.75) is 51.3 Å². The number of nitrogens with zero attached hydrogens (tertiary/aromatic N) is 1. The summed E-state index contributed by atoms with van der Waals surface area (Å²) in [6.45, 7) is 5.24. The third-order valence-corrected chi connectivity index (χ3v) is 7.55. The Balaban J connectivity index is 1.61. The highest BCUT2D eigenvalue weighted by atomic mass is 32.2. The van der Waals surface area contributed by atoms with Gasteiger partial charge >= 0.3 is 16.4 Å². The van der Waals surface area contributed by atoms with Crippen molar-refractivity contribution in [3.63, 3.8) is 0 Å². The van der Waals surface area contributed by atoms with Crippen LogP contribution in [0.3, 0.4) is 0 Å². The standard InChI is InChI=1S/C31H34N4O6S2/c1-31(2,3)41-30(37)34-26(19-21-10-6-4-7-11-21)28(36)32-25(18-22-14-16-24(17-15-22)35-43(38,39)40)27-20-42-29(33-27)23-12-8-5-9-13-23/h4-17,20,25-26,35H,18-19H2,1-3H3,(H,32,36)(H,34,37)(H,38,39,40)/t25-,26?/m0/s1. The van der Waals surface area contributed by atoms with E-state index >= 15 is 0 Å². The number of nitrogens with one attached hydrogen (secondary N) is 3. The summed E-state index contributed by atoms with van der Waals surface area (Å²) in [6.07, 6.45) is -0.150. The SMILES string of the molecule is CC(C)(C)OC(=O)NC(Cc1ccccc1)C(=O)N[C@@H](Cc1ccc(NS(=O)(=O)O)cc1)c1csc(-c2ccccc2)n1. The first-order valence-corrected chi connectivity index (χ1v) is 15.9. The van der Waals surface area contributed by atoms with E-state index < -0.39 is 40.0 Å². The normalized spacial score (nSPS) is 13.0. The van der Waals surface area contributed by atoms with Crippen molar-refractivity contribution in [3.05, 3.63) is 107 Å². The van der Waals surface area contributed by atoms with Crippen LogP contribution in [0.1, 0.15) is 43.6 Å². The number of carbonyl (C=O) groups is 2. The monoisotopic (exact) mass is 622 g/mol. The molecule has 43 heavy (non-hydrogen) atoms. The van der Waals surface area contributed by atoms with Crippen LogP contribution in [0.5, 0.6) is 0 Å². The topological polar surface area (TPSA) is 147 Å². The summed E-state index contributed by atoms with van der Waals surface area (Å²) in [6, 6.07) is 23.9. The van der Waals surface area contributed by atoms with Crippen molar-refractivity contribution in [1.82, 2.24) is 15.6 Å². The lowest BCUT2D eigenvalue weighted by Gasteiger charge is -2.25. The van der Waals surface area contributed by atoms with E-state index in [2.05, 4.69) is 10.6 Å². The Hall–Kier alpha value is -4.26. The number of ether oxygens (including phenoxy) is 1. The van der Waals surface area contributed by atoms with Gasteiger partial charge in [-0.25, -0.2) is 9.78 Å². The molecule has 10 nitrogen and oxygen atoms in total. The molecule has 0 aliphatic rings. The largest absolute Gasteiger partial charge is 0.444 e. The summed E-state index contributed by atoms with van der Waals surface area (Å²) >= 11 is 1.45. The first kappa shape index (κ1) is 31.7. The number of hydrogen-bond donors (Lipinski definition) is 4. The van der Waals surface area contributed by atoms with Crippen molar-refractivity contribution < 1.29 is 27.3 Å². The smallest absolute Gasteiger partial charge is 0.408 e. The molecule has 0 saturated heterocycles. The lowest BCUT2D eigenvalue weighted by Crippen LogP contribution is -2.50. The van der Waals surface area contributed by atoms with E-state index in [4.69, 9.17) is 14.3 Å². The fourth-order valence-electron chi connectivity index (χ4n) is 4.26. The minimum atomic E-state index is -4.41. The molecule has 4 N–H and O–H groups in total. The zero-order valence-corrected chi connectivity index (χ0v) is 25.6. The van der Waals surface area contributed by atoms with Crippen LogP contribution in [0.2, 0.25) is 0 Å². The van der Waals surface area contributed by atoms with Crippen molar-refractivity contribution >= 4 is 39.3 Å². The van der Waals surface area contributed by atoms with Crippen molar-refractivity contribution in [2.75, 3.05) is 4.72 Å². The number of benzene rings is 3. The summed E-state index contributed by atoms with van der Waals surface area (Å²) in [5, 5.41) is 8.47. The molecule has 0 radical (unpaired) electrons. The van der Waals surface area contributed by atoms with Gasteiger partial charge in [-0.1, -0.05) is 72.8 Å². The molecule has 0 aliphatic carbocycles. The molecule has 4 aromatic rings. The van der Waals surface area contributed by atoms with Gasteiger partial charge in [0.15, 0.2) is 0 Å². The molecule has 12 heteroatoms. The molecule has 2 amide bonds. The number of carbonyl (C=O) groups excluding carboxylic acids is 2. The minimum absolute atomic E-state index is 0.191. The molecule has 1 unspecified atom stereocenters. The van der Waals surface area contributed by atoms with Gasteiger partial charge < -0.3 is 15.4 Å². The molecule has 0 fully saturated rings. The summed E-state index contributed by atoms with van der Waals surface area (Å²) in [4.78, 5) is 31.3. The van der Waals surface area contributed by atoms with Gasteiger partial charge in [-0.2, -0.15) is 8.42 Å². The van der Waals surface area contributed by atoms with Gasteiger partial charge in [-0.3, -0.25) is 14.1 Å². The maximum absolute atomic E-state index is 13.8. The molecular weight excluding hydrogens is 588 g/mol. The van der Waals surface area contributed by atoms with Crippen molar-refractivity contribution in [1.29, 1.82) is 0 Å². The maximum Gasteiger partial charge on any atom is 0.408 e. The lowest BCUT2D eigenvalue weighted by molar-refractivity contribution is -0.124. The molecule has 0 spiro atoms. The van der Waals surface area contributed by atoms with E-state index in [0.717, 1.165) is 21.7 Å². The summed E-state index contributed by atoms with van der Waals surface area (Å²) in [7, 11) is -4.41. The Morgan fingerprint density at radius 3 is 2.09 bits per heavy atom. The first-order valence-electron chi connectivity index (χ1n) is 13.5. The van der Waals surface area contributed by atoms with Crippen LogP contribution >= 0.6 is 11.3 Å². The molecule has 226 valence electrons. The van der Waals surface area contributed by atoms with Gasteiger partial charge in [0.2, 0.25) is 5.91 Å². The Labute approximate surface area is 255 Å². The Morgan fingerprint density at radius 1 is 0.884 bits per heavy atom. The second kappa shape index (κ2) is 13.8.